The largest absolute Gasteiger partial charge is 0.497 e. The molecule has 1 aromatic heterocycles. The molecule has 138 valence electrons. The zero-order chi connectivity index (χ0) is 18.7. The van der Waals surface area contributed by atoms with Crippen molar-refractivity contribution in [2.24, 2.45) is 0 Å². The summed E-state index contributed by atoms with van der Waals surface area (Å²) in [6.07, 6.45) is 7.02. The average Bonchev–Trinajstić information content (AvgIpc) is 2.61. The SMILES string of the molecule is COc1ccc2c(c1)CCC[C@H]2CC(=O)Nc1cnc(C(C)(C)C)nc1. The molecule has 1 aromatic carbocycles. The van der Waals surface area contributed by atoms with Gasteiger partial charge in [0.05, 0.1) is 25.2 Å². The van der Waals surface area contributed by atoms with Crippen molar-refractivity contribution >= 4 is 11.6 Å². The van der Waals surface area contributed by atoms with E-state index in [0.717, 1.165) is 30.8 Å². The fraction of sp³-hybridized carbons (Fsp3) is 0.476. The summed E-state index contributed by atoms with van der Waals surface area (Å²) in [5, 5.41) is 2.93. The number of ether oxygens (including phenoxy) is 1. The van der Waals surface area contributed by atoms with Gasteiger partial charge < -0.3 is 10.1 Å². The van der Waals surface area contributed by atoms with Gasteiger partial charge in [0.15, 0.2) is 0 Å². The quantitative estimate of drug-likeness (QED) is 0.893. The Hall–Kier alpha value is -2.43. The maximum absolute atomic E-state index is 12.5. The maximum Gasteiger partial charge on any atom is 0.225 e. The second-order valence-corrected chi connectivity index (χ2v) is 7.95. The zero-order valence-corrected chi connectivity index (χ0v) is 16.0. The number of rotatable bonds is 4. The molecule has 26 heavy (non-hydrogen) atoms. The molecule has 0 fully saturated rings. The van der Waals surface area contributed by atoms with Gasteiger partial charge in [-0.15, -0.1) is 0 Å². The Bertz CT molecular complexity index is 779. The Morgan fingerprint density at radius 1 is 1.27 bits per heavy atom. The molecule has 1 aliphatic carbocycles. The van der Waals surface area contributed by atoms with Gasteiger partial charge in [0.25, 0.3) is 0 Å². The van der Waals surface area contributed by atoms with Crippen LogP contribution in [0.1, 0.15) is 62.9 Å². The number of fused-ring (bicyclic) bond motifs is 1. The highest BCUT2D eigenvalue weighted by molar-refractivity contribution is 5.91. The molecule has 3 rings (SSSR count). The van der Waals surface area contributed by atoms with Crippen LogP contribution in [0, 0.1) is 0 Å². The smallest absolute Gasteiger partial charge is 0.225 e. The number of amides is 1. The van der Waals surface area contributed by atoms with E-state index < -0.39 is 0 Å². The van der Waals surface area contributed by atoms with Gasteiger partial charge in [-0.2, -0.15) is 0 Å². The summed E-state index contributed by atoms with van der Waals surface area (Å²) in [4.78, 5) is 21.2. The third kappa shape index (κ3) is 4.21. The first-order valence-corrected chi connectivity index (χ1v) is 9.16. The Labute approximate surface area is 155 Å². The van der Waals surface area contributed by atoms with E-state index in [1.54, 1.807) is 19.5 Å². The molecule has 2 aromatic rings. The standard InChI is InChI=1S/C21H27N3O2/c1-21(2,3)20-22-12-16(13-23-20)24-19(25)11-15-7-5-6-14-10-17(26-4)8-9-18(14)15/h8-10,12-13,15H,5-7,11H2,1-4H3,(H,24,25)/t15-/m0/s1. The second-order valence-electron chi connectivity index (χ2n) is 7.95. The van der Waals surface area contributed by atoms with Crippen molar-refractivity contribution in [3.8, 4) is 5.75 Å². The molecule has 0 saturated carbocycles. The topological polar surface area (TPSA) is 64.1 Å². The minimum atomic E-state index is -0.102. The van der Waals surface area contributed by atoms with Crippen molar-refractivity contribution in [1.82, 2.24) is 9.97 Å². The summed E-state index contributed by atoms with van der Waals surface area (Å²) >= 11 is 0. The molecule has 0 aliphatic heterocycles. The molecule has 1 amide bonds. The minimum absolute atomic E-state index is 0.00535. The van der Waals surface area contributed by atoms with Gasteiger partial charge in [-0.1, -0.05) is 26.8 Å². The number of hydrogen-bond acceptors (Lipinski definition) is 4. The van der Waals surface area contributed by atoms with Crippen LogP contribution in [0.4, 0.5) is 5.69 Å². The van der Waals surface area contributed by atoms with Crippen LogP contribution < -0.4 is 10.1 Å². The maximum atomic E-state index is 12.5. The van der Waals surface area contributed by atoms with E-state index in [9.17, 15) is 4.79 Å². The van der Waals surface area contributed by atoms with Crippen molar-refractivity contribution in [3.05, 3.63) is 47.5 Å². The number of aromatic nitrogens is 2. The predicted molar refractivity (Wildman–Crippen MR) is 103 cm³/mol. The zero-order valence-electron chi connectivity index (χ0n) is 16.0. The Kier molecular flexibility index (Phi) is 5.25. The second kappa shape index (κ2) is 7.44. The highest BCUT2D eigenvalue weighted by Gasteiger charge is 2.23. The normalized spacial score (nSPS) is 16.7. The highest BCUT2D eigenvalue weighted by atomic mass is 16.5. The Balaban J connectivity index is 1.66. The predicted octanol–water partition coefficient (Wildman–Crippen LogP) is 4.23. The van der Waals surface area contributed by atoms with Crippen LogP contribution in [-0.4, -0.2) is 23.0 Å². The molecular weight excluding hydrogens is 326 g/mol. The van der Waals surface area contributed by atoms with Crippen LogP contribution in [-0.2, 0) is 16.6 Å². The number of nitrogens with zero attached hydrogens (tertiary/aromatic N) is 2. The van der Waals surface area contributed by atoms with Crippen LogP contribution in [0.3, 0.4) is 0 Å². The molecular formula is C21H27N3O2. The van der Waals surface area contributed by atoms with Gasteiger partial charge in [-0.25, -0.2) is 9.97 Å². The van der Waals surface area contributed by atoms with E-state index in [-0.39, 0.29) is 17.2 Å². The van der Waals surface area contributed by atoms with E-state index in [1.165, 1.54) is 11.1 Å². The lowest BCUT2D eigenvalue weighted by Gasteiger charge is -2.25. The fourth-order valence-electron chi connectivity index (χ4n) is 3.45. The van der Waals surface area contributed by atoms with Gasteiger partial charge in [0.1, 0.15) is 11.6 Å². The molecule has 0 unspecified atom stereocenters. The Morgan fingerprint density at radius 2 is 2.00 bits per heavy atom. The number of methoxy groups -OCH3 is 1. The number of benzene rings is 1. The van der Waals surface area contributed by atoms with Crippen molar-refractivity contribution in [1.29, 1.82) is 0 Å². The summed E-state index contributed by atoms with van der Waals surface area (Å²) in [6, 6.07) is 6.18. The van der Waals surface area contributed by atoms with E-state index in [2.05, 4.69) is 48.2 Å². The van der Waals surface area contributed by atoms with Gasteiger partial charge in [-0.05, 0) is 48.4 Å². The number of nitrogens with one attached hydrogen (secondary N) is 1. The lowest BCUT2D eigenvalue weighted by Crippen LogP contribution is -2.20. The summed E-state index contributed by atoms with van der Waals surface area (Å²) < 4.78 is 5.32. The first-order chi connectivity index (χ1) is 12.4. The lowest BCUT2D eigenvalue weighted by atomic mass is 9.81. The number of hydrogen-bond donors (Lipinski definition) is 1. The third-order valence-electron chi connectivity index (χ3n) is 4.83. The molecule has 0 bridgehead atoms. The third-order valence-corrected chi connectivity index (χ3v) is 4.83. The van der Waals surface area contributed by atoms with E-state index >= 15 is 0 Å². The van der Waals surface area contributed by atoms with Gasteiger partial charge in [0, 0.05) is 11.8 Å². The van der Waals surface area contributed by atoms with E-state index in [1.807, 2.05) is 6.07 Å². The molecule has 0 saturated heterocycles. The van der Waals surface area contributed by atoms with Gasteiger partial charge in [0.2, 0.25) is 5.91 Å². The van der Waals surface area contributed by atoms with Crippen molar-refractivity contribution in [2.45, 2.75) is 57.8 Å². The summed E-state index contributed by atoms with van der Waals surface area (Å²) in [5.74, 6) is 1.90. The summed E-state index contributed by atoms with van der Waals surface area (Å²) in [7, 11) is 1.68. The van der Waals surface area contributed by atoms with Crippen LogP contribution in [0.5, 0.6) is 5.75 Å². The molecule has 1 aliphatic rings. The van der Waals surface area contributed by atoms with Crippen LogP contribution in [0.25, 0.3) is 0 Å². The fourth-order valence-corrected chi connectivity index (χ4v) is 3.45. The van der Waals surface area contributed by atoms with Crippen molar-refractivity contribution in [2.75, 3.05) is 12.4 Å². The lowest BCUT2D eigenvalue weighted by molar-refractivity contribution is -0.116. The highest BCUT2D eigenvalue weighted by Crippen LogP contribution is 2.36. The molecule has 1 atom stereocenters. The van der Waals surface area contributed by atoms with Crippen molar-refractivity contribution in [3.63, 3.8) is 0 Å². The van der Waals surface area contributed by atoms with E-state index in [4.69, 9.17) is 4.74 Å². The molecule has 0 spiro atoms. The summed E-state index contributed by atoms with van der Waals surface area (Å²) in [6.45, 7) is 6.20. The summed E-state index contributed by atoms with van der Waals surface area (Å²) in [5.41, 5.74) is 3.11. The number of carbonyl (C=O) groups excluding carboxylic acids is 1. The van der Waals surface area contributed by atoms with E-state index in [0.29, 0.717) is 12.1 Å². The molecule has 5 heteroatoms. The van der Waals surface area contributed by atoms with Gasteiger partial charge in [-0.3, -0.25) is 4.79 Å². The van der Waals surface area contributed by atoms with Crippen molar-refractivity contribution < 1.29 is 9.53 Å². The molecule has 1 heterocycles. The monoisotopic (exact) mass is 353 g/mol. The number of aryl methyl sites for hydroxylation is 1. The minimum Gasteiger partial charge on any atom is -0.497 e. The number of anilines is 1. The number of carbonyl (C=O) groups is 1. The van der Waals surface area contributed by atoms with Crippen LogP contribution >= 0.6 is 0 Å². The first-order valence-electron chi connectivity index (χ1n) is 9.16. The molecule has 0 radical (unpaired) electrons. The van der Waals surface area contributed by atoms with Gasteiger partial charge >= 0.3 is 0 Å². The Morgan fingerprint density at radius 3 is 2.65 bits per heavy atom. The van der Waals surface area contributed by atoms with Crippen LogP contribution in [0.15, 0.2) is 30.6 Å². The average molecular weight is 353 g/mol. The molecule has 1 N–H and O–H groups in total. The first kappa shape index (κ1) is 18.4. The molecule has 5 nitrogen and oxygen atoms in total. The van der Waals surface area contributed by atoms with Crippen LogP contribution in [0.2, 0.25) is 0 Å².